The largest absolute Gasteiger partial charge is 0.454 e. The molecule has 0 aliphatic carbocycles. The molecule has 1 aromatic carbocycles. The summed E-state index contributed by atoms with van der Waals surface area (Å²) in [4.78, 5) is 49.4. The van der Waals surface area contributed by atoms with Crippen LogP contribution >= 0.6 is 0 Å². The van der Waals surface area contributed by atoms with Gasteiger partial charge in [-0.2, -0.15) is 0 Å². The molecule has 4 amide bonds. The number of esters is 1. The fourth-order valence-corrected chi connectivity index (χ4v) is 2.46. The van der Waals surface area contributed by atoms with Crippen LogP contribution in [0, 0.1) is 0 Å². The van der Waals surface area contributed by atoms with Crippen molar-refractivity contribution < 1.29 is 33.4 Å². The summed E-state index contributed by atoms with van der Waals surface area (Å²) in [7, 11) is 1.45. The van der Waals surface area contributed by atoms with E-state index in [4.69, 9.17) is 14.2 Å². The average molecular weight is 363 g/mol. The van der Waals surface area contributed by atoms with E-state index in [1.165, 1.54) is 18.9 Å². The summed E-state index contributed by atoms with van der Waals surface area (Å²) in [5.74, 6) is -0.828. The maximum Gasteiger partial charge on any atom is 0.327 e. The Labute approximate surface area is 148 Å². The number of urea groups is 1. The Morgan fingerprint density at radius 1 is 1.27 bits per heavy atom. The molecule has 2 heterocycles. The standard InChI is InChI=1S/C16H17N3O7/c1-9(26-14(21)7-19-13(20)6-18(2)16(19)23)15(22)17-10-3-4-11-12(5-10)25-8-24-11/h3-5,9H,6-8H2,1-2H3,(H,17,22)/t9-/m1/s1. The minimum absolute atomic E-state index is 0.0910. The molecular weight excluding hydrogens is 346 g/mol. The number of benzene rings is 1. The third-order valence-electron chi connectivity index (χ3n) is 3.84. The van der Waals surface area contributed by atoms with Crippen molar-refractivity contribution in [2.75, 3.05) is 32.2 Å². The van der Waals surface area contributed by atoms with Gasteiger partial charge in [0.05, 0.1) is 0 Å². The zero-order valence-corrected chi connectivity index (χ0v) is 14.2. The van der Waals surface area contributed by atoms with Crippen LogP contribution in [-0.4, -0.2) is 66.6 Å². The average Bonchev–Trinajstić information content (AvgIpc) is 3.14. The van der Waals surface area contributed by atoms with Gasteiger partial charge in [-0.05, 0) is 19.1 Å². The third-order valence-corrected chi connectivity index (χ3v) is 3.84. The van der Waals surface area contributed by atoms with E-state index in [0.29, 0.717) is 17.2 Å². The van der Waals surface area contributed by atoms with Gasteiger partial charge in [0.25, 0.3) is 11.8 Å². The van der Waals surface area contributed by atoms with Gasteiger partial charge in [-0.15, -0.1) is 0 Å². The maximum absolute atomic E-state index is 12.1. The zero-order chi connectivity index (χ0) is 18.8. The summed E-state index contributed by atoms with van der Waals surface area (Å²) in [5.41, 5.74) is 0.452. The fourth-order valence-electron chi connectivity index (χ4n) is 2.46. The second-order valence-electron chi connectivity index (χ2n) is 5.81. The SMILES string of the molecule is C[C@@H](OC(=O)CN1C(=O)CN(C)C1=O)C(=O)Nc1ccc2c(c1)OCO2. The van der Waals surface area contributed by atoms with Crippen molar-refractivity contribution >= 4 is 29.5 Å². The minimum Gasteiger partial charge on any atom is -0.454 e. The zero-order valence-electron chi connectivity index (χ0n) is 14.2. The second-order valence-corrected chi connectivity index (χ2v) is 5.81. The van der Waals surface area contributed by atoms with Gasteiger partial charge in [0.2, 0.25) is 6.79 Å². The molecule has 1 aromatic rings. The first-order valence-electron chi connectivity index (χ1n) is 7.80. The van der Waals surface area contributed by atoms with Crippen molar-refractivity contribution in [1.29, 1.82) is 0 Å². The number of carbonyl (C=O) groups is 4. The molecule has 0 saturated carbocycles. The van der Waals surface area contributed by atoms with Crippen molar-refractivity contribution in [3.8, 4) is 11.5 Å². The predicted molar refractivity (Wildman–Crippen MR) is 86.5 cm³/mol. The highest BCUT2D eigenvalue weighted by Gasteiger charge is 2.35. The molecule has 10 nitrogen and oxygen atoms in total. The highest BCUT2D eigenvalue weighted by molar-refractivity contribution is 6.04. The summed E-state index contributed by atoms with van der Waals surface area (Å²) in [6.07, 6.45) is -1.11. The van der Waals surface area contributed by atoms with E-state index < -0.39 is 36.5 Å². The van der Waals surface area contributed by atoms with E-state index >= 15 is 0 Å². The quantitative estimate of drug-likeness (QED) is 0.586. The predicted octanol–water partition coefficient (Wildman–Crippen LogP) is 0.179. The number of hydrogen-bond acceptors (Lipinski definition) is 7. The lowest BCUT2D eigenvalue weighted by molar-refractivity contribution is -0.154. The molecule has 0 aromatic heterocycles. The van der Waals surface area contributed by atoms with Gasteiger partial charge in [0.15, 0.2) is 17.6 Å². The summed E-state index contributed by atoms with van der Waals surface area (Å²) < 4.78 is 15.4. The number of hydrogen-bond donors (Lipinski definition) is 1. The summed E-state index contributed by atoms with van der Waals surface area (Å²) >= 11 is 0. The number of rotatable bonds is 5. The van der Waals surface area contributed by atoms with Crippen molar-refractivity contribution in [2.24, 2.45) is 0 Å². The molecule has 1 fully saturated rings. The Kier molecular flexibility index (Phi) is 4.65. The van der Waals surface area contributed by atoms with Crippen LogP contribution in [0.1, 0.15) is 6.92 Å². The molecule has 0 unspecified atom stereocenters. The van der Waals surface area contributed by atoms with E-state index in [1.54, 1.807) is 18.2 Å². The molecular formula is C16H17N3O7. The van der Waals surface area contributed by atoms with E-state index in [-0.39, 0.29) is 13.3 Å². The summed E-state index contributed by atoms with van der Waals surface area (Å²) in [6, 6.07) is 4.28. The van der Waals surface area contributed by atoms with Crippen molar-refractivity contribution in [3.63, 3.8) is 0 Å². The molecule has 26 heavy (non-hydrogen) atoms. The van der Waals surface area contributed by atoms with Crippen LogP contribution in [-0.2, 0) is 19.1 Å². The number of ether oxygens (including phenoxy) is 3. The van der Waals surface area contributed by atoms with E-state index in [2.05, 4.69) is 5.32 Å². The van der Waals surface area contributed by atoms with Gasteiger partial charge < -0.3 is 24.4 Å². The highest BCUT2D eigenvalue weighted by atomic mass is 16.7. The molecule has 3 rings (SSSR count). The van der Waals surface area contributed by atoms with Crippen molar-refractivity contribution in [3.05, 3.63) is 18.2 Å². The van der Waals surface area contributed by atoms with Gasteiger partial charge in [-0.1, -0.05) is 0 Å². The smallest absolute Gasteiger partial charge is 0.327 e. The molecule has 1 saturated heterocycles. The lowest BCUT2D eigenvalue weighted by Gasteiger charge is -2.16. The fraction of sp³-hybridized carbons (Fsp3) is 0.375. The van der Waals surface area contributed by atoms with E-state index in [1.807, 2.05) is 0 Å². The molecule has 2 aliphatic heterocycles. The van der Waals surface area contributed by atoms with Gasteiger partial charge in [0, 0.05) is 18.8 Å². The topological polar surface area (TPSA) is 114 Å². The van der Waals surface area contributed by atoms with Crippen LogP contribution in [0.3, 0.4) is 0 Å². The number of nitrogens with zero attached hydrogens (tertiary/aromatic N) is 2. The Balaban J connectivity index is 1.53. The first kappa shape index (κ1) is 17.5. The molecule has 0 radical (unpaired) electrons. The summed E-state index contributed by atoms with van der Waals surface area (Å²) in [6.45, 7) is 0.875. The van der Waals surface area contributed by atoms with Crippen LogP contribution in [0.2, 0.25) is 0 Å². The monoisotopic (exact) mass is 363 g/mol. The number of imide groups is 1. The number of likely N-dealkylation sites (N-methyl/N-ethyl adjacent to an activating group) is 1. The number of amides is 4. The third kappa shape index (κ3) is 3.53. The second kappa shape index (κ2) is 6.90. The highest BCUT2D eigenvalue weighted by Crippen LogP contribution is 2.34. The Morgan fingerprint density at radius 2 is 2.00 bits per heavy atom. The van der Waals surface area contributed by atoms with Crippen LogP contribution in [0.25, 0.3) is 0 Å². The van der Waals surface area contributed by atoms with E-state index in [9.17, 15) is 19.2 Å². The normalized spacial score (nSPS) is 16.7. The molecule has 1 atom stereocenters. The van der Waals surface area contributed by atoms with Gasteiger partial charge >= 0.3 is 12.0 Å². The maximum atomic E-state index is 12.1. The first-order valence-corrected chi connectivity index (χ1v) is 7.80. The van der Waals surface area contributed by atoms with Crippen LogP contribution in [0.4, 0.5) is 10.5 Å². The molecule has 1 N–H and O–H groups in total. The van der Waals surface area contributed by atoms with Crippen molar-refractivity contribution in [2.45, 2.75) is 13.0 Å². The number of carbonyl (C=O) groups excluding carboxylic acids is 4. The lowest BCUT2D eigenvalue weighted by atomic mass is 10.2. The van der Waals surface area contributed by atoms with Gasteiger partial charge in [-0.25, -0.2) is 4.79 Å². The van der Waals surface area contributed by atoms with Gasteiger partial charge in [-0.3, -0.25) is 19.3 Å². The van der Waals surface area contributed by atoms with Crippen LogP contribution < -0.4 is 14.8 Å². The Bertz CT molecular complexity index is 779. The molecule has 0 bridgehead atoms. The Hall–Kier alpha value is -3.30. The number of anilines is 1. The van der Waals surface area contributed by atoms with Crippen molar-refractivity contribution in [1.82, 2.24) is 9.80 Å². The summed E-state index contributed by atoms with van der Waals surface area (Å²) in [5, 5.41) is 2.59. The van der Waals surface area contributed by atoms with Crippen LogP contribution in [0.5, 0.6) is 11.5 Å². The Morgan fingerprint density at radius 3 is 2.69 bits per heavy atom. The van der Waals surface area contributed by atoms with Gasteiger partial charge in [0.1, 0.15) is 13.1 Å². The molecule has 138 valence electrons. The number of nitrogens with one attached hydrogen (secondary N) is 1. The lowest BCUT2D eigenvalue weighted by Crippen LogP contribution is -2.39. The van der Waals surface area contributed by atoms with E-state index in [0.717, 1.165) is 4.90 Å². The van der Waals surface area contributed by atoms with Crippen LogP contribution in [0.15, 0.2) is 18.2 Å². The minimum atomic E-state index is -1.11. The molecule has 0 spiro atoms. The first-order chi connectivity index (χ1) is 12.3. The molecule has 10 heteroatoms. The number of fused-ring (bicyclic) bond motifs is 1. The molecule has 2 aliphatic rings.